The van der Waals surface area contributed by atoms with Crippen LogP contribution in [0.15, 0.2) is 140 Å². The van der Waals surface area contributed by atoms with Crippen LogP contribution in [0.3, 0.4) is 0 Å². The van der Waals surface area contributed by atoms with E-state index >= 15 is 0 Å². The molecule has 0 saturated carbocycles. The third-order valence-corrected chi connectivity index (χ3v) is 13.3. The van der Waals surface area contributed by atoms with Gasteiger partial charge in [-0.3, -0.25) is 9.97 Å². The number of hydrogen-bond acceptors (Lipinski definition) is 7. The van der Waals surface area contributed by atoms with Crippen molar-refractivity contribution in [2.45, 2.75) is 85.0 Å². The highest BCUT2D eigenvalue weighted by molar-refractivity contribution is 6.00. The zero-order valence-electron chi connectivity index (χ0n) is 39.5. The van der Waals surface area contributed by atoms with Crippen molar-refractivity contribution in [2.75, 3.05) is 36.0 Å². The van der Waals surface area contributed by atoms with Gasteiger partial charge in [0.1, 0.15) is 35.8 Å². The lowest BCUT2D eigenvalue weighted by atomic mass is 9.91. The average Bonchev–Trinajstić information content (AvgIpc) is 3.36. The molecule has 1 N–H and O–H groups in total. The predicted molar refractivity (Wildman–Crippen MR) is 273 cm³/mol. The van der Waals surface area contributed by atoms with E-state index in [1.807, 2.05) is 80.6 Å². The minimum absolute atomic E-state index is 0.252. The largest absolute Gasteiger partial charge is 0.489 e. The van der Waals surface area contributed by atoms with Gasteiger partial charge >= 0.3 is 0 Å². The topological polar surface area (TPSA) is 71.0 Å². The number of rotatable bonds is 11. The number of nitrogens with zero attached hydrogens (tertiary/aromatic N) is 4. The van der Waals surface area contributed by atoms with E-state index in [-0.39, 0.29) is 17.7 Å². The molecule has 2 unspecified atom stereocenters. The molecule has 8 aromatic rings. The van der Waals surface area contributed by atoms with Crippen LogP contribution in [0.1, 0.15) is 92.7 Å². The summed E-state index contributed by atoms with van der Waals surface area (Å²) in [5, 5.41) is 12.5. The van der Waals surface area contributed by atoms with Crippen molar-refractivity contribution in [2.24, 2.45) is 0 Å². The second kappa shape index (κ2) is 21.0. The Bertz CT molecular complexity index is 2970. The summed E-state index contributed by atoms with van der Waals surface area (Å²) in [6, 6.07) is 44.0. The molecular weight excluding hydrogens is 851 g/mol. The van der Waals surface area contributed by atoms with E-state index in [0.29, 0.717) is 6.61 Å². The number of aryl methyl sites for hydroxylation is 2. The van der Waals surface area contributed by atoms with E-state index in [1.165, 1.54) is 74.2 Å². The Morgan fingerprint density at radius 2 is 1.00 bits per heavy atom. The summed E-state index contributed by atoms with van der Waals surface area (Å²) in [6.07, 6.45) is 6.48. The van der Waals surface area contributed by atoms with Gasteiger partial charge in [0.2, 0.25) is 0 Å². The number of aromatic nitrogens is 2. The molecule has 0 aliphatic carbocycles. The lowest BCUT2D eigenvalue weighted by Gasteiger charge is -2.29. The van der Waals surface area contributed by atoms with Gasteiger partial charge in [-0.2, -0.15) is 0 Å². The monoisotopic (exact) mass is 910 g/mol. The molecule has 0 bridgehead atoms. The van der Waals surface area contributed by atoms with Gasteiger partial charge in [0.05, 0.1) is 17.1 Å². The van der Waals surface area contributed by atoms with Crippen molar-refractivity contribution in [3.8, 4) is 33.8 Å². The summed E-state index contributed by atoms with van der Waals surface area (Å²) in [5.41, 5.74) is 12.7. The summed E-state index contributed by atoms with van der Waals surface area (Å²) < 4.78 is 39.9. The minimum atomic E-state index is -0.652. The zero-order valence-corrected chi connectivity index (χ0v) is 39.5. The first-order chi connectivity index (χ1) is 33.1. The highest BCUT2D eigenvalue weighted by atomic mass is 19.1. The number of pyridine rings is 2. The molecule has 10 rings (SSSR count). The van der Waals surface area contributed by atoms with Crippen LogP contribution in [0.5, 0.6) is 11.5 Å². The lowest BCUT2D eigenvalue weighted by molar-refractivity contribution is 0.199. The van der Waals surface area contributed by atoms with Gasteiger partial charge in [-0.05, 0) is 179 Å². The van der Waals surface area contributed by atoms with Crippen LogP contribution in [-0.4, -0.2) is 41.3 Å². The molecule has 9 heteroatoms. The number of fused-ring (bicyclic) bond motifs is 2. The van der Waals surface area contributed by atoms with Crippen LogP contribution in [-0.2, 0) is 6.61 Å². The number of anilines is 2. The van der Waals surface area contributed by atoms with E-state index in [9.17, 15) is 13.9 Å². The number of halogens is 2. The number of ether oxygens (including phenoxy) is 2. The molecule has 0 amide bonds. The molecule has 68 heavy (non-hydrogen) atoms. The summed E-state index contributed by atoms with van der Waals surface area (Å²) in [4.78, 5) is 14.6. The zero-order chi connectivity index (χ0) is 47.1. The third-order valence-electron chi connectivity index (χ3n) is 13.3. The van der Waals surface area contributed by atoms with E-state index < -0.39 is 6.10 Å². The maximum Gasteiger partial charge on any atom is 0.123 e. The number of aliphatic hydroxyl groups excluding tert-OH is 1. The van der Waals surface area contributed by atoms with Crippen molar-refractivity contribution in [1.29, 1.82) is 0 Å². The Morgan fingerprint density at radius 1 is 0.544 bits per heavy atom. The second-order valence-electron chi connectivity index (χ2n) is 18.2. The van der Waals surface area contributed by atoms with Crippen molar-refractivity contribution < 1.29 is 23.4 Å². The van der Waals surface area contributed by atoms with Crippen molar-refractivity contribution in [1.82, 2.24) is 9.97 Å². The van der Waals surface area contributed by atoms with Crippen LogP contribution >= 0.6 is 0 Å². The second-order valence-corrected chi connectivity index (χ2v) is 18.2. The summed E-state index contributed by atoms with van der Waals surface area (Å²) in [6.45, 7) is 12.5. The van der Waals surface area contributed by atoms with Crippen molar-refractivity contribution in [3.05, 3.63) is 179 Å². The van der Waals surface area contributed by atoms with Crippen molar-refractivity contribution >= 4 is 33.2 Å². The van der Waals surface area contributed by atoms with Gasteiger partial charge in [0.15, 0.2) is 0 Å². The van der Waals surface area contributed by atoms with Gasteiger partial charge in [-0.15, -0.1) is 0 Å². The molecule has 2 aliphatic rings. The predicted octanol–water partition coefficient (Wildman–Crippen LogP) is 14.5. The van der Waals surface area contributed by atoms with E-state index in [0.717, 1.165) is 110 Å². The maximum atomic E-state index is 14.0. The first-order valence-electron chi connectivity index (χ1n) is 24.1. The number of benzene rings is 6. The van der Waals surface area contributed by atoms with E-state index in [2.05, 4.69) is 53.1 Å². The van der Waals surface area contributed by atoms with Gasteiger partial charge < -0.3 is 24.4 Å². The van der Waals surface area contributed by atoms with Gasteiger partial charge in [-0.1, -0.05) is 54.6 Å². The third kappa shape index (κ3) is 10.5. The van der Waals surface area contributed by atoms with Crippen LogP contribution in [0.25, 0.3) is 44.1 Å². The summed E-state index contributed by atoms with van der Waals surface area (Å²) >= 11 is 0. The molecule has 2 fully saturated rings. The van der Waals surface area contributed by atoms with Gasteiger partial charge in [-0.25, -0.2) is 8.78 Å². The molecule has 0 radical (unpaired) electrons. The lowest BCUT2D eigenvalue weighted by Crippen LogP contribution is -2.29. The fraction of sp³-hybridized carbons (Fsp3) is 0.288. The average molecular weight is 911 g/mol. The standard InChI is InChI=1S/C36H35FN2O2.C23H25FN2O/c1-25-35(26(2)41-32-18-16-31(17-19-32)40-24-27-9-5-3-6-10-27)36(28-11-13-29(37)14-12-28)33-23-30(15-20-34(33)38-25)39-21-7-4-8-22-39;1-15-22(16(2)27)23(17-6-8-18(24)9-7-17)20-14-19(10-11-21(20)25-15)26-12-4-3-5-13-26/h3,5-6,9-20,23,26H,4,7-8,21-22,24H2,1-2H3;6-11,14,16,27H,3-5,12-13H2,1-2H3. The molecule has 2 aliphatic heterocycles. The first kappa shape index (κ1) is 46.3. The minimum Gasteiger partial charge on any atom is -0.489 e. The fourth-order valence-corrected chi connectivity index (χ4v) is 9.96. The smallest absolute Gasteiger partial charge is 0.123 e. The summed E-state index contributed by atoms with van der Waals surface area (Å²) in [5.74, 6) is 1.02. The van der Waals surface area contributed by atoms with Crippen LogP contribution in [0.2, 0.25) is 0 Å². The number of piperidine rings is 2. The molecule has 2 atom stereocenters. The maximum absolute atomic E-state index is 14.0. The Labute approximate surface area is 399 Å². The highest BCUT2D eigenvalue weighted by Gasteiger charge is 2.24. The molecule has 2 aromatic heterocycles. The normalized spacial score (nSPS) is 14.9. The van der Waals surface area contributed by atoms with Crippen LogP contribution < -0.4 is 19.3 Å². The van der Waals surface area contributed by atoms with Gasteiger partial charge in [0, 0.05) is 70.8 Å². The van der Waals surface area contributed by atoms with E-state index in [4.69, 9.17) is 19.4 Å². The quantitative estimate of drug-likeness (QED) is 0.139. The Kier molecular flexibility index (Phi) is 14.3. The molecule has 2 saturated heterocycles. The van der Waals surface area contributed by atoms with Gasteiger partial charge in [0.25, 0.3) is 0 Å². The van der Waals surface area contributed by atoms with Crippen LogP contribution in [0, 0.1) is 25.5 Å². The number of hydrogen-bond donors (Lipinski definition) is 1. The molecule has 348 valence electrons. The SMILES string of the molecule is Cc1nc2ccc(N3CCCCC3)cc2c(-c2ccc(F)cc2)c1C(C)O.Cc1nc2ccc(N3CCCCC3)cc2c(-c2ccc(F)cc2)c1C(C)Oc1ccc(OCc2ccccc2)cc1. The fourth-order valence-electron chi connectivity index (χ4n) is 9.96. The molecule has 7 nitrogen and oxygen atoms in total. The highest BCUT2D eigenvalue weighted by Crippen LogP contribution is 2.41. The van der Waals surface area contributed by atoms with E-state index in [1.54, 1.807) is 19.1 Å². The Morgan fingerprint density at radius 3 is 1.49 bits per heavy atom. The Balaban J connectivity index is 0.000000185. The molecular formula is C59H60F2N4O3. The van der Waals surface area contributed by atoms with Crippen LogP contribution in [0.4, 0.5) is 20.2 Å². The number of aliphatic hydroxyl groups is 1. The molecule has 0 spiro atoms. The molecule has 4 heterocycles. The molecule has 6 aromatic carbocycles. The van der Waals surface area contributed by atoms with Crippen molar-refractivity contribution in [3.63, 3.8) is 0 Å². The summed E-state index contributed by atoms with van der Waals surface area (Å²) in [7, 11) is 0. The Hall–Kier alpha value is -6.84. The first-order valence-corrected chi connectivity index (χ1v) is 24.1.